The first-order valence-electron chi connectivity index (χ1n) is 7.76. The molecule has 1 aromatic carbocycles. The van der Waals surface area contributed by atoms with Crippen molar-refractivity contribution in [2.24, 2.45) is 0 Å². The maximum absolute atomic E-state index is 4.64. The number of anilines is 1. The van der Waals surface area contributed by atoms with Crippen LogP contribution in [0, 0.1) is 0 Å². The second-order valence-electron chi connectivity index (χ2n) is 5.79. The average Bonchev–Trinajstić information content (AvgIpc) is 2.87. The summed E-state index contributed by atoms with van der Waals surface area (Å²) in [6.45, 7) is 5.84. The van der Waals surface area contributed by atoms with Crippen LogP contribution in [0.3, 0.4) is 0 Å². The zero-order valence-electron chi connectivity index (χ0n) is 12.4. The zero-order chi connectivity index (χ0) is 14.7. The Morgan fingerprint density at radius 1 is 1.43 bits per heavy atom. The number of nitrogens with zero attached hydrogens (tertiary/aromatic N) is 2. The van der Waals surface area contributed by atoms with E-state index in [0.29, 0.717) is 0 Å². The number of likely N-dealkylation sites (tertiary alicyclic amines) is 1. The van der Waals surface area contributed by atoms with Crippen LogP contribution in [0.15, 0.2) is 22.7 Å². The zero-order valence-corrected chi connectivity index (χ0v) is 14.8. The maximum Gasteiger partial charge on any atom is 0.183 e. The molecule has 3 rings (SSSR count). The third kappa shape index (κ3) is 3.96. The number of piperidine rings is 1. The van der Waals surface area contributed by atoms with Gasteiger partial charge in [0, 0.05) is 23.6 Å². The molecule has 1 atom stereocenters. The van der Waals surface area contributed by atoms with Crippen LogP contribution in [-0.4, -0.2) is 35.6 Å². The van der Waals surface area contributed by atoms with Crippen molar-refractivity contribution in [2.45, 2.75) is 38.6 Å². The standard InChI is InChI=1S/C16H22BrN3S/c1-12-5-2-3-9-20(12)10-4-8-18-16-19-14-11-13(17)6-7-15(14)21-16/h6-7,11-12H,2-5,8-10H2,1H3,(H,18,19). The normalized spacial score (nSPS) is 20.0. The summed E-state index contributed by atoms with van der Waals surface area (Å²) in [6.07, 6.45) is 5.31. The summed E-state index contributed by atoms with van der Waals surface area (Å²) in [6, 6.07) is 7.03. The van der Waals surface area contributed by atoms with Crippen LogP contribution in [0.2, 0.25) is 0 Å². The lowest BCUT2D eigenvalue weighted by Gasteiger charge is -2.33. The molecule has 1 saturated heterocycles. The molecule has 1 aliphatic rings. The molecule has 0 saturated carbocycles. The van der Waals surface area contributed by atoms with E-state index in [4.69, 9.17) is 0 Å². The molecule has 2 aromatic rings. The molecular weight excluding hydrogens is 346 g/mol. The Kier molecular flexibility index (Phi) is 5.14. The van der Waals surface area contributed by atoms with Gasteiger partial charge in [-0.3, -0.25) is 0 Å². The molecule has 1 aromatic heterocycles. The third-order valence-corrected chi connectivity index (χ3v) is 5.68. The lowest BCUT2D eigenvalue weighted by molar-refractivity contribution is 0.160. The first-order valence-corrected chi connectivity index (χ1v) is 9.37. The number of hydrogen-bond donors (Lipinski definition) is 1. The fraction of sp³-hybridized carbons (Fsp3) is 0.562. The van der Waals surface area contributed by atoms with Crippen LogP contribution in [0.25, 0.3) is 10.2 Å². The molecule has 5 heteroatoms. The number of fused-ring (bicyclic) bond motifs is 1. The molecule has 1 N–H and O–H groups in total. The lowest BCUT2D eigenvalue weighted by atomic mass is 10.0. The van der Waals surface area contributed by atoms with Crippen LogP contribution >= 0.6 is 27.3 Å². The van der Waals surface area contributed by atoms with Crippen molar-refractivity contribution >= 4 is 42.6 Å². The third-order valence-electron chi connectivity index (χ3n) is 4.19. The van der Waals surface area contributed by atoms with Gasteiger partial charge in [0.25, 0.3) is 0 Å². The Morgan fingerprint density at radius 2 is 2.33 bits per heavy atom. The molecule has 0 aliphatic carbocycles. The van der Waals surface area contributed by atoms with Crippen LogP contribution in [0.1, 0.15) is 32.6 Å². The molecule has 3 nitrogen and oxygen atoms in total. The van der Waals surface area contributed by atoms with Gasteiger partial charge in [-0.25, -0.2) is 4.98 Å². The summed E-state index contributed by atoms with van der Waals surface area (Å²) in [5.74, 6) is 0. The first kappa shape index (κ1) is 15.3. The molecule has 0 amide bonds. The molecule has 1 aliphatic heterocycles. The van der Waals surface area contributed by atoms with Crippen LogP contribution < -0.4 is 5.32 Å². The summed E-state index contributed by atoms with van der Waals surface area (Å²) >= 11 is 5.23. The number of rotatable bonds is 5. The predicted octanol–water partition coefficient (Wildman–Crippen LogP) is 4.74. The van der Waals surface area contributed by atoms with E-state index in [2.05, 4.69) is 56.3 Å². The van der Waals surface area contributed by atoms with E-state index < -0.39 is 0 Å². The number of nitrogens with one attached hydrogen (secondary N) is 1. The fourth-order valence-corrected chi connectivity index (χ4v) is 4.16. The van der Waals surface area contributed by atoms with Gasteiger partial charge in [-0.2, -0.15) is 0 Å². The summed E-state index contributed by atoms with van der Waals surface area (Å²) in [5, 5.41) is 4.51. The Balaban J connectivity index is 1.48. The van der Waals surface area contributed by atoms with E-state index in [0.717, 1.165) is 27.7 Å². The number of benzene rings is 1. The molecule has 0 spiro atoms. The highest BCUT2D eigenvalue weighted by molar-refractivity contribution is 9.10. The average molecular weight is 368 g/mol. The van der Waals surface area contributed by atoms with Crippen LogP contribution in [-0.2, 0) is 0 Å². The van der Waals surface area contributed by atoms with Gasteiger partial charge in [0.15, 0.2) is 5.13 Å². The van der Waals surface area contributed by atoms with Gasteiger partial charge >= 0.3 is 0 Å². The van der Waals surface area contributed by atoms with Gasteiger partial charge in [-0.15, -0.1) is 0 Å². The quantitative estimate of drug-likeness (QED) is 0.773. The van der Waals surface area contributed by atoms with E-state index in [-0.39, 0.29) is 0 Å². The molecule has 21 heavy (non-hydrogen) atoms. The summed E-state index contributed by atoms with van der Waals surface area (Å²) in [4.78, 5) is 7.26. The van der Waals surface area contributed by atoms with Crippen molar-refractivity contribution in [2.75, 3.05) is 25.0 Å². The highest BCUT2D eigenvalue weighted by atomic mass is 79.9. The monoisotopic (exact) mass is 367 g/mol. The highest BCUT2D eigenvalue weighted by Crippen LogP contribution is 2.28. The van der Waals surface area contributed by atoms with Crippen molar-refractivity contribution in [3.05, 3.63) is 22.7 Å². The van der Waals surface area contributed by atoms with Crippen molar-refractivity contribution in [1.82, 2.24) is 9.88 Å². The number of thiazole rings is 1. The van der Waals surface area contributed by atoms with Gasteiger partial charge in [0.1, 0.15) is 0 Å². The Morgan fingerprint density at radius 3 is 3.19 bits per heavy atom. The Bertz CT molecular complexity index is 598. The first-order chi connectivity index (χ1) is 10.2. The van der Waals surface area contributed by atoms with Crippen LogP contribution in [0.5, 0.6) is 0 Å². The largest absolute Gasteiger partial charge is 0.361 e. The van der Waals surface area contributed by atoms with E-state index in [1.165, 1.54) is 43.5 Å². The number of halogens is 1. The minimum absolute atomic E-state index is 0.763. The van der Waals surface area contributed by atoms with Gasteiger partial charge in [0.2, 0.25) is 0 Å². The lowest BCUT2D eigenvalue weighted by Crippen LogP contribution is -2.38. The molecule has 114 valence electrons. The number of hydrogen-bond acceptors (Lipinski definition) is 4. The van der Waals surface area contributed by atoms with Crippen molar-refractivity contribution < 1.29 is 0 Å². The molecule has 0 radical (unpaired) electrons. The fourth-order valence-electron chi connectivity index (χ4n) is 2.94. The highest BCUT2D eigenvalue weighted by Gasteiger charge is 2.17. The van der Waals surface area contributed by atoms with Gasteiger partial charge in [-0.05, 0) is 50.9 Å². The van der Waals surface area contributed by atoms with Gasteiger partial charge in [-0.1, -0.05) is 33.7 Å². The summed E-state index contributed by atoms with van der Waals surface area (Å²) < 4.78 is 2.33. The molecule has 2 heterocycles. The van der Waals surface area contributed by atoms with Crippen molar-refractivity contribution in [3.63, 3.8) is 0 Å². The Hall–Kier alpha value is -0.650. The van der Waals surface area contributed by atoms with Crippen LogP contribution in [0.4, 0.5) is 5.13 Å². The smallest absolute Gasteiger partial charge is 0.183 e. The minimum atomic E-state index is 0.763. The van der Waals surface area contributed by atoms with E-state index in [1.807, 2.05) is 0 Å². The molecular formula is C16H22BrN3S. The molecule has 1 fully saturated rings. The van der Waals surface area contributed by atoms with Gasteiger partial charge < -0.3 is 10.2 Å². The van der Waals surface area contributed by atoms with Gasteiger partial charge in [0.05, 0.1) is 10.2 Å². The Labute approximate surface area is 138 Å². The summed E-state index contributed by atoms with van der Waals surface area (Å²) in [5.41, 5.74) is 1.07. The van der Waals surface area contributed by atoms with Crippen molar-refractivity contribution in [1.29, 1.82) is 0 Å². The minimum Gasteiger partial charge on any atom is -0.361 e. The van der Waals surface area contributed by atoms with E-state index in [9.17, 15) is 0 Å². The predicted molar refractivity (Wildman–Crippen MR) is 95.3 cm³/mol. The second kappa shape index (κ2) is 7.07. The molecule has 0 bridgehead atoms. The SMILES string of the molecule is CC1CCCCN1CCCNc1nc2cc(Br)ccc2s1. The van der Waals surface area contributed by atoms with Crippen molar-refractivity contribution in [3.8, 4) is 0 Å². The number of aromatic nitrogens is 1. The van der Waals surface area contributed by atoms with E-state index in [1.54, 1.807) is 11.3 Å². The second-order valence-corrected chi connectivity index (χ2v) is 7.74. The molecule has 1 unspecified atom stereocenters. The maximum atomic E-state index is 4.64. The summed E-state index contributed by atoms with van der Waals surface area (Å²) in [7, 11) is 0. The van der Waals surface area contributed by atoms with E-state index >= 15 is 0 Å². The topological polar surface area (TPSA) is 28.2 Å².